The van der Waals surface area contributed by atoms with Crippen molar-refractivity contribution in [2.75, 3.05) is 7.11 Å². The molecule has 7 heteroatoms. The largest absolute Gasteiger partial charge is 0.496 e. The molecule has 20 heavy (non-hydrogen) atoms. The van der Waals surface area contributed by atoms with E-state index in [4.69, 9.17) is 9.84 Å². The molecule has 0 fully saturated rings. The number of benzene rings is 1. The first-order chi connectivity index (χ1) is 9.31. The van der Waals surface area contributed by atoms with E-state index in [0.717, 1.165) is 12.5 Å². The van der Waals surface area contributed by atoms with Crippen molar-refractivity contribution in [1.82, 2.24) is 4.72 Å². The lowest BCUT2D eigenvalue weighted by atomic mass is 10.2. The third-order valence-electron chi connectivity index (χ3n) is 2.79. The van der Waals surface area contributed by atoms with E-state index in [9.17, 15) is 13.2 Å². The van der Waals surface area contributed by atoms with Crippen LogP contribution in [-0.2, 0) is 10.0 Å². The molecule has 0 spiro atoms. The van der Waals surface area contributed by atoms with Crippen LogP contribution in [0.2, 0.25) is 0 Å². The summed E-state index contributed by atoms with van der Waals surface area (Å²) < 4.78 is 31.7. The van der Waals surface area contributed by atoms with Gasteiger partial charge in [0, 0.05) is 6.04 Å². The molecule has 0 amide bonds. The topological polar surface area (TPSA) is 92.7 Å². The number of sulfonamides is 1. The van der Waals surface area contributed by atoms with Crippen molar-refractivity contribution < 1.29 is 23.1 Å². The Morgan fingerprint density at radius 1 is 1.45 bits per heavy atom. The molecule has 1 aromatic carbocycles. The molecular weight excluding hydrogens is 282 g/mol. The molecule has 0 aliphatic carbocycles. The van der Waals surface area contributed by atoms with Crippen molar-refractivity contribution in [2.45, 2.75) is 37.6 Å². The molecule has 0 aromatic heterocycles. The highest BCUT2D eigenvalue weighted by molar-refractivity contribution is 7.89. The molecule has 0 heterocycles. The van der Waals surface area contributed by atoms with Gasteiger partial charge in [-0.3, -0.25) is 0 Å². The molecule has 0 saturated heterocycles. The number of carboxylic acids is 1. The Hall–Kier alpha value is -1.60. The second-order valence-electron chi connectivity index (χ2n) is 4.48. The third kappa shape index (κ3) is 3.94. The standard InChI is InChI=1S/C13H19NO5S/c1-4-5-9(2)14-20(17,18)10-6-7-12(19-3)11(8-10)13(15)16/h6-9,14H,4-5H2,1-3H3,(H,15,16). The van der Waals surface area contributed by atoms with Crippen LogP contribution in [0.3, 0.4) is 0 Å². The number of hydrogen-bond acceptors (Lipinski definition) is 4. The van der Waals surface area contributed by atoms with Gasteiger partial charge in [-0.2, -0.15) is 0 Å². The second-order valence-corrected chi connectivity index (χ2v) is 6.19. The van der Waals surface area contributed by atoms with Crippen LogP contribution >= 0.6 is 0 Å². The Kier molecular flexibility index (Phi) is 5.52. The van der Waals surface area contributed by atoms with Crippen molar-refractivity contribution in [3.05, 3.63) is 23.8 Å². The van der Waals surface area contributed by atoms with Gasteiger partial charge < -0.3 is 9.84 Å². The normalized spacial score (nSPS) is 12.9. The molecule has 1 atom stereocenters. The van der Waals surface area contributed by atoms with Gasteiger partial charge >= 0.3 is 5.97 Å². The fraction of sp³-hybridized carbons (Fsp3) is 0.462. The lowest BCUT2D eigenvalue weighted by molar-refractivity contribution is 0.0693. The van der Waals surface area contributed by atoms with Gasteiger partial charge in [0.1, 0.15) is 11.3 Å². The van der Waals surface area contributed by atoms with Crippen molar-refractivity contribution in [3.63, 3.8) is 0 Å². The minimum absolute atomic E-state index is 0.0846. The summed E-state index contributed by atoms with van der Waals surface area (Å²) in [5.74, 6) is -1.11. The highest BCUT2D eigenvalue weighted by Gasteiger charge is 2.20. The summed E-state index contributed by atoms with van der Waals surface area (Å²) in [6.45, 7) is 3.73. The fourth-order valence-corrected chi connectivity index (χ4v) is 3.15. The molecule has 1 unspecified atom stereocenters. The number of nitrogens with one attached hydrogen (secondary N) is 1. The molecular formula is C13H19NO5S. The Balaban J connectivity index is 3.13. The molecule has 0 radical (unpaired) electrons. The summed E-state index contributed by atoms with van der Waals surface area (Å²) in [4.78, 5) is 11.0. The lowest BCUT2D eigenvalue weighted by Gasteiger charge is -2.14. The Bertz CT molecular complexity index is 582. The van der Waals surface area contributed by atoms with Crippen molar-refractivity contribution >= 4 is 16.0 Å². The first kappa shape index (κ1) is 16.5. The first-order valence-electron chi connectivity index (χ1n) is 6.25. The van der Waals surface area contributed by atoms with E-state index in [1.807, 2.05) is 6.92 Å². The Morgan fingerprint density at radius 3 is 2.60 bits per heavy atom. The van der Waals surface area contributed by atoms with Crippen LogP contribution in [0.15, 0.2) is 23.1 Å². The van der Waals surface area contributed by atoms with Crippen LogP contribution in [-0.4, -0.2) is 32.6 Å². The SMILES string of the molecule is CCCC(C)NS(=O)(=O)c1ccc(OC)c(C(=O)O)c1. The Morgan fingerprint density at radius 2 is 2.10 bits per heavy atom. The van der Waals surface area contributed by atoms with Gasteiger partial charge in [0.15, 0.2) is 0 Å². The molecule has 0 bridgehead atoms. The molecule has 1 rings (SSSR count). The lowest BCUT2D eigenvalue weighted by Crippen LogP contribution is -2.32. The highest BCUT2D eigenvalue weighted by atomic mass is 32.2. The zero-order chi connectivity index (χ0) is 15.3. The van der Waals surface area contributed by atoms with E-state index in [0.29, 0.717) is 6.42 Å². The van der Waals surface area contributed by atoms with E-state index in [-0.39, 0.29) is 22.3 Å². The van der Waals surface area contributed by atoms with Gasteiger partial charge in [-0.15, -0.1) is 0 Å². The maximum absolute atomic E-state index is 12.1. The smallest absolute Gasteiger partial charge is 0.339 e. The average molecular weight is 301 g/mol. The summed E-state index contributed by atoms with van der Waals surface area (Å²) in [5, 5.41) is 9.06. The molecule has 0 aliphatic heterocycles. The van der Waals surface area contributed by atoms with Gasteiger partial charge in [0.05, 0.1) is 12.0 Å². The van der Waals surface area contributed by atoms with Crippen molar-refractivity contribution in [2.24, 2.45) is 0 Å². The van der Waals surface area contributed by atoms with Crippen molar-refractivity contribution in [3.8, 4) is 5.75 Å². The third-order valence-corrected chi connectivity index (χ3v) is 4.38. The van der Waals surface area contributed by atoms with Gasteiger partial charge in [-0.05, 0) is 31.5 Å². The number of hydrogen-bond donors (Lipinski definition) is 2. The minimum atomic E-state index is -3.73. The summed E-state index contributed by atoms with van der Waals surface area (Å²) in [5.41, 5.74) is -0.182. The summed E-state index contributed by atoms with van der Waals surface area (Å²) >= 11 is 0. The Labute approximate surface area is 118 Å². The first-order valence-corrected chi connectivity index (χ1v) is 7.73. The van der Waals surface area contributed by atoms with Gasteiger partial charge in [0.2, 0.25) is 10.0 Å². The van der Waals surface area contributed by atoms with E-state index in [1.165, 1.54) is 19.2 Å². The van der Waals surface area contributed by atoms with Gasteiger partial charge in [-0.25, -0.2) is 17.9 Å². The van der Waals surface area contributed by atoms with Gasteiger partial charge in [0.25, 0.3) is 0 Å². The highest BCUT2D eigenvalue weighted by Crippen LogP contribution is 2.22. The quantitative estimate of drug-likeness (QED) is 0.802. The number of methoxy groups -OCH3 is 1. The fourth-order valence-electron chi connectivity index (χ4n) is 1.85. The second kappa shape index (κ2) is 6.71. The van der Waals surface area contributed by atoms with E-state index in [2.05, 4.69) is 4.72 Å². The summed E-state index contributed by atoms with van der Waals surface area (Å²) in [7, 11) is -2.40. The average Bonchev–Trinajstić information content (AvgIpc) is 2.37. The summed E-state index contributed by atoms with van der Waals surface area (Å²) in [6.07, 6.45) is 1.56. The number of rotatable bonds is 7. The van der Waals surface area contributed by atoms with Crippen LogP contribution < -0.4 is 9.46 Å². The number of aromatic carboxylic acids is 1. The van der Waals surface area contributed by atoms with Crippen LogP contribution in [0.4, 0.5) is 0 Å². The molecule has 6 nitrogen and oxygen atoms in total. The number of carboxylic acid groups (broad SMARTS) is 1. The number of carbonyl (C=O) groups is 1. The predicted octanol–water partition coefficient (Wildman–Crippen LogP) is 1.86. The van der Waals surface area contributed by atoms with E-state index in [1.54, 1.807) is 6.92 Å². The van der Waals surface area contributed by atoms with Crippen LogP contribution in [0.25, 0.3) is 0 Å². The zero-order valence-corrected chi connectivity index (χ0v) is 12.5. The van der Waals surface area contributed by atoms with Crippen molar-refractivity contribution in [1.29, 1.82) is 0 Å². The van der Waals surface area contributed by atoms with E-state index < -0.39 is 16.0 Å². The van der Waals surface area contributed by atoms with Crippen LogP contribution in [0.5, 0.6) is 5.75 Å². The molecule has 0 aliphatic rings. The minimum Gasteiger partial charge on any atom is -0.496 e. The van der Waals surface area contributed by atoms with Gasteiger partial charge in [-0.1, -0.05) is 13.3 Å². The molecule has 2 N–H and O–H groups in total. The maximum atomic E-state index is 12.1. The summed E-state index contributed by atoms with van der Waals surface area (Å²) in [6, 6.07) is 3.55. The molecule has 1 aromatic rings. The monoisotopic (exact) mass is 301 g/mol. The van der Waals surface area contributed by atoms with Crippen LogP contribution in [0.1, 0.15) is 37.0 Å². The zero-order valence-electron chi connectivity index (χ0n) is 11.7. The molecule has 112 valence electrons. The number of ether oxygens (including phenoxy) is 1. The van der Waals surface area contributed by atoms with E-state index >= 15 is 0 Å². The van der Waals surface area contributed by atoms with Crippen LogP contribution in [0, 0.1) is 0 Å². The molecule has 0 saturated carbocycles. The maximum Gasteiger partial charge on any atom is 0.339 e. The predicted molar refractivity (Wildman–Crippen MR) is 74.6 cm³/mol.